The van der Waals surface area contributed by atoms with Crippen LogP contribution in [-0.2, 0) is 13.7 Å². The van der Waals surface area contributed by atoms with Gasteiger partial charge in [0.15, 0.2) is 5.82 Å². The SMILES string of the molecule is CCC(=NO)c1ccc(OCc2ncnn2C)cc1. The Morgan fingerprint density at radius 2 is 2.11 bits per heavy atom. The summed E-state index contributed by atoms with van der Waals surface area (Å²) in [5.74, 6) is 1.50. The number of benzene rings is 1. The Bertz CT molecular complexity index is 560. The van der Waals surface area contributed by atoms with Crippen LogP contribution < -0.4 is 4.74 Å². The molecule has 0 aliphatic heterocycles. The summed E-state index contributed by atoms with van der Waals surface area (Å²) in [6.07, 6.45) is 2.17. The molecule has 0 aliphatic carbocycles. The number of ether oxygens (including phenoxy) is 1. The normalized spacial score (nSPS) is 11.6. The van der Waals surface area contributed by atoms with Crippen molar-refractivity contribution in [3.05, 3.63) is 42.0 Å². The summed E-state index contributed by atoms with van der Waals surface area (Å²) in [6.45, 7) is 2.30. The number of rotatable bonds is 5. The zero-order valence-corrected chi connectivity index (χ0v) is 10.9. The number of aromatic nitrogens is 3. The van der Waals surface area contributed by atoms with Crippen LogP contribution in [-0.4, -0.2) is 25.7 Å². The molecule has 0 saturated heterocycles. The van der Waals surface area contributed by atoms with E-state index in [1.54, 1.807) is 4.68 Å². The van der Waals surface area contributed by atoms with Crippen molar-refractivity contribution in [2.45, 2.75) is 20.0 Å². The van der Waals surface area contributed by atoms with E-state index in [4.69, 9.17) is 9.94 Å². The molecule has 2 rings (SSSR count). The van der Waals surface area contributed by atoms with Gasteiger partial charge in [-0.2, -0.15) is 5.10 Å². The zero-order chi connectivity index (χ0) is 13.7. The van der Waals surface area contributed by atoms with Gasteiger partial charge < -0.3 is 9.94 Å². The highest BCUT2D eigenvalue weighted by Gasteiger charge is 2.04. The highest BCUT2D eigenvalue weighted by molar-refractivity contribution is 6.00. The Labute approximate surface area is 111 Å². The molecule has 0 fully saturated rings. The Balaban J connectivity index is 2.01. The topological polar surface area (TPSA) is 72.5 Å². The Hall–Kier alpha value is -2.37. The van der Waals surface area contributed by atoms with Gasteiger partial charge in [0.2, 0.25) is 0 Å². The van der Waals surface area contributed by atoms with Crippen LogP contribution in [0, 0.1) is 0 Å². The fraction of sp³-hybridized carbons (Fsp3) is 0.308. The molecule has 6 nitrogen and oxygen atoms in total. The van der Waals surface area contributed by atoms with Gasteiger partial charge in [-0.05, 0) is 36.2 Å². The van der Waals surface area contributed by atoms with Crippen molar-refractivity contribution in [1.82, 2.24) is 14.8 Å². The van der Waals surface area contributed by atoms with E-state index in [0.717, 1.165) is 17.1 Å². The lowest BCUT2D eigenvalue weighted by atomic mass is 10.1. The molecule has 1 N–H and O–H groups in total. The van der Waals surface area contributed by atoms with Gasteiger partial charge in [0.05, 0.1) is 5.71 Å². The average molecular weight is 260 g/mol. The van der Waals surface area contributed by atoms with Crippen molar-refractivity contribution in [1.29, 1.82) is 0 Å². The number of aryl methyl sites for hydroxylation is 1. The predicted molar refractivity (Wildman–Crippen MR) is 70.4 cm³/mol. The van der Waals surface area contributed by atoms with Crippen LogP contribution in [0.2, 0.25) is 0 Å². The van der Waals surface area contributed by atoms with Crippen LogP contribution in [0.15, 0.2) is 35.7 Å². The van der Waals surface area contributed by atoms with Crippen molar-refractivity contribution in [3.63, 3.8) is 0 Å². The maximum atomic E-state index is 8.85. The third kappa shape index (κ3) is 3.09. The summed E-state index contributed by atoms with van der Waals surface area (Å²) < 4.78 is 7.28. The van der Waals surface area contributed by atoms with Crippen LogP contribution in [0.5, 0.6) is 5.75 Å². The highest BCUT2D eigenvalue weighted by atomic mass is 16.5. The number of oxime groups is 1. The molecular weight excluding hydrogens is 244 g/mol. The van der Waals surface area contributed by atoms with E-state index in [9.17, 15) is 0 Å². The lowest BCUT2D eigenvalue weighted by molar-refractivity contribution is 0.289. The largest absolute Gasteiger partial charge is 0.486 e. The summed E-state index contributed by atoms with van der Waals surface area (Å²) in [6, 6.07) is 7.41. The molecule has 1 heterocycles. The minimum absolute atomic E-state index is 0.366. The first-order valence-corrected chi connectivity index (χ1v) is 6.01. The molecule has 0 radical (unpaired) electrons. The van der Waals surface area contributed by atoms with Crippen LogP contribution >= 0.6 is 0 Å². The molecule has 100 valence electrons. The molecule has 19 heavy (non-hydrogen) atoms. The number of nitrogens with zero attached hydrogens (tertiary/aromatic N) is 4. The molecule has 0 unspecified atom stereocenters. The first kappa shape index (κ1) is 13.1. The van der Waals surface area contributed by atoms with Crippen LogP contribution in [0.3, 0.4) is 0 Å². The van der Waals surface area contributed by atoms with Gasteiger partial charge in [-0.15, -0.1) is 0 Å². The predicted octanol–water partition coefficient (Wildman–Crippen LogP) is 1.98. The molecule has 1 aromatic carbocycles. The van der Waals surface area contributed by atoms with Gasteiger partial charge >= 0.3 is 0 Å². The molecule has 0 spiro atoms. The van der Waals surface area contributed by atoms with Crippen molar-refractivity contribution >= 4 is 5.71 Å². The van der Waals surface area contributed by atoms with Gasteiger partial charge in [-0.25, -0.2) is 4.98 Å². The van der Waals surface area contributed by atoms with E-state index in [-0.39, 0.29) is 0 Å². The van der Waals surface area contributed by atoms with Crippen LogP contribution in [0.1, 0.15) is 24.7 Å². The summed E-state index contributed by atoms with van der Waals surface area (Å²) in [7, 11) is 1.82. The summed E-state index contributed by atoms with van der Waals surface area (Å²) in [5.41, 5.74) is 1.54. The lowest BCUT2D eigenvalue weighted by Gasteiger charge is -2.07. The first-order valence-electron chi connectivity index (χ1n) is 6.01. The van der Waals surface area contributed by atoms with Gasteiger partial charge in [-0.1, -0.05) is 12.1 Å². The summed E-state index contributed by atoms with van der Waals surface area (Å²) >= 11 is 0. The minimum Gasteiger partial charge on any atom is -0.486 e. The molecule has 0 bridgehead atoms. The zero-order valence-electron chi connectivity index (χ0n) is 10.9. The van der Waals surface area contributed by atoms with Gasteiger partial charge in [0.1, 0.15) is 18.7 Å². The third-order valence-corrected chi connectivity index (χ3v) is 2.82. The Morgan fingerprint density at radius 1 is 1.37 bits per heavy atom. The lowest BCUT2D eigenvalue weighted by Crippen LogP contribution is -2.04. The van der Waals surface area contributed by atoms with E-state index < -0.39 is 0 Å². The second-order valence-corrected chi connectivity index (χ2v) is 4.01. The van der Waals surface area contributed by atoms with E-state index in [1.165, 1.54) is 6.33 Å². The molecule has 0 atom stereocenters. The fourth-order valence-electron chi connectivity index (χ4n) is 1.67. The molecule has 2 aromatic rings. The molecule has 1 aromatic heterocycles. The minimum atomic E-state index is 0.366. The molecule has 0 saturated carbocycles. The molecule has 6 heteroatoms. The maximum Gasteiger partial charge on any atom is 0.164 e. The van der Waals surface area contributed by atoms with Gasteiger partial charge in [0, 0.05) is 7.05 Å². The Morgan fingerprint density at radius 3 is 2.63 bits per heavy atom. The summed E-state index contributed by atoms with van der Waals surface area (Å²) in [5, 5.41) is 16.1. The monoisotopic (exact) mass is 260 g/mol. The van der Waals surface area contributed by atoms with Crippen molar-refractivity contribution in [3.8, 4) is 5.75 Å². The average Bonchev–Trinajstić information content (AvgIpc) is 2.85. The Kier molecular flexibility index (Phi) is 4.12. The first-order chi connectivity index (χ1) is 9.24. The molecule has 0 amide bonds. The second kappa shape index (κ2) is 5.99. The standard InChI is InChI=1S/C13H16N4O2/c1-3-12(16-18)10-4-6-11(7-5-10)19-8-13-14-9-15-17(13)2/h4-7,9,18H,3,8H2,1-2H3. The summed E-state index contributed by atoms with van der Waals surface area (Å²) in [4.78, 5) is 4.08. The van der Waals surface area contributed by atoms with E-state index >= 15 is 0 Å². The van der Waals surface area contributed by atoms with Crippen molar-refractivity contribution in [2.24, 2.45) is 12.2 Å². The molecular formula is C13H16N4O2. The maximum absolute atomic E-state index is 8.85. The van der Waals surface area contributed by atoms with E-state index in [1.807, 2.05) is 38.2 Å². The van der Waals surface area contributed by atoms with E-state index in [0.29, 0.717) is 18.7 Å². The van der Waals surface area contributed by atoms with Crippen LogP contribution in [0.4, 0.5) is 0 Å². The number of hydrogen-bond donors (Lipinski definition) is 1. The fourth-order valence-corrected chi connectivity index (χ4v) is 1.67. The smallest absolute Gasteiger partial charge is 0.164 e. The van der Waals surface area contributed by atoms with Gasteiger partial charge in [-0.3, -0.25) is 4.68 Å². The quantitative estimate of drug-likeness (QED) is 0.507. The van der Waals surface area contributed by atoms with E-state index in [2.05, 4.69) is 15.2 Å². The number of hydrogen-bond acceptors (Lipinski definition) is 5. The van der Waals surface area contributed by atoms with Crippen LogP contribution in [0.25, 0.3) is 0 Å². The third-order valence-electron chi connectivity index (χ3n) is 2.82. The highest BCUT2D eigenvalue weighted by Crippen LogP contribution is 2.15. The van der Waals surface area contributed by atoms with Gasteiger partial charge in [0.25, 0.3) is 0 Å². The van der Waals surface area contributed by atoms with Crippen molar-refractivity contribution < 1.29 is 9.94 Å². The second-order valence-electron chi connectivity index (χ2n) is 4.01. The molecule has 0 aliphatic rings. The van der Waals surface area contributed by atoms with Crippen molar-refractivity contribution in [2.75, 3.05) is 0 Å².